The Balaban J connectivity index is 1.31. The number of hydrogen-bond donors (Lipinski definition) is 0. The molecule has 1 atom stereocenters. The lowest BCUT2D eigenvalue weighted by Crippen LogP contribution is -2.58. The summed E-state index contributed by atoms with van der Waals surface area (Å²) in [5, 5.41) is 0. The van der Waals surface area contributed by atoms with Crippen LogP contribution in [0.25, 0.3) is 0 Å². The number of carbonyl (C=O) groups is 1. The van der Waals surface area contributed by atoms with E-state index < -0.39 is 0 Å². The molecule has 26 heavy (non-hydrogen) atoms. The third-order valence-corrected chi connectivity index (χ3v) is 5.56. The fourth-order valence-electron chi connectivity index (χ4n) is 4.03. The minimum atomic E-state index is 0.0414. The van der Waals surface area contributed by atoms with E-state index in [-0.39, 0.29) is 11.9 Å². The maximum Gasteiger partial charge on any atom is 0.244 e. The summed E-state index contributed by atoms with van der Waals surface area (Å²) in [7, 11) is 0. The van der Waals surface area contributed by atoms with Crippen molar-refractivity contribution in [2.45, 2.75) is 25.4 Å². The van der Waals surface area contributed by atoms with Gasteiger partial charge in [-0.15, -0.1) is 0 Å². The molecule has 4 rings (SSSR count). The summed E-state index contributed by atoms with van der Waals surface area (Å²) in [4.78, 5) is 24.0. The van der Waals surface area contributed by atoms with Crippen LogP contribution in [0, 0.1) is 0 Å². The van der Waals surface area contributed by atoms with Gasteiger partial charge in [0.15, 0.2) is 0 Å². The number of amides is 1. The molecule has 0 N–H and O–H groups in total. The van der Waals surface area contributed by atoms with Crippen LogP contribution in [0.4, 0.5) is 5.69 Å². The molecule has 1 unspecified atom stereocenters. The second-order valence-corrected chi connectivity index (χ2v) is 7.16. The number of piperidine rings is 1. The zero-order chi connectivity index (χ0) is 17.8. The van der Waals surface area contributed by atoms with E-state index in [9.17, 15) is 4.79 Å². The van der Waals surface area contributed by atoms with Gasteiger partial charge in [-0.25, -0.2) is 4.98 Å². The Morgan fingerprint density at radius 3 is 2.54 bits per heavy atom. The molecule has 2 fully saturated rings. The molecule has 6 heteroatoms. The van der Waals surface area contributed by atoms with Gasteiger partial charge in [0, 0.05) is 63.9 Å². The number of hydrogen-bond acceptors (Lipinski definition) is 4. The van der Waals surface area contributed by atoms with Crippen molar-refractivity contribution in [3.8, 4) is 0 Å². The third kappa shape index (κ3) is 3.81. The van der Waals surface area contributed by atoms with Crippen LogP contribution in [0.15, 0.2) is 49.1 Å². The number of para-hydroxylation sites is 1. The third-order valence-electron chi connectivity index (χ3n) is 5.56. The van der Waals surface area contributed by atoms with E-state index in [0.29, 0.717) is 0 Å². The molecular formula is C20H27N5O. The van der Waals surface area contributed by atoms with Gasteiger partial charge in [0.25, 0.3) is 0 Å². The molecule has 2 aliphatic rings. The second-order valence-electron chi connectivity index (χ2n) is 7.16. The van der Waals surface area contributed by atoms with E-state index in [1.54, 1.807) is 0 Å². The van der Waals surface area contributed by atoms with E-state index in [1.807, 2.05) is 54.0 Å². The summed E-state index contributed by atoms with van der Waals surface area (Å²) < 4.78 is 2.12. The van der Waals surface area contributed by atoms with Crippen molar-refractivity contribution in [3.63, 3.8) is 0 Å². The van der Waals surface area contributed by atoms with E-state index in [0.717, 1.165) is 64.3 Å². The monoisotopic (exact) mass is 353 g/mol. The quantitative estimate of drug-likeness (QED) is 0.821. The molecule has 0 saturated carbocycles. The van der Waals surface area contributed by atoms with E-state index in [2.05, 4.69) is 19.4 Å². The largest absolute Gasteiger partial charge is 0.336 e. The lowest BCUT2D eigenvalue weighted by Gasteiger charge is -2.42. The van der Waals surface area contributed by atoms with Gasteiger partial charge >= 0.3 is 0 Å². The van der Waals surface area contributed by atoms with Crippen molar-refractivity contribution >= 4 is 11.6 Å². The number of carbonyl (C=O) groups excluding carboxylic acids is 1. The Morgan fingerprint density at radius 2 is 1.81 bits per heavy atom. The minimum absolute atomic E-state index is 0.0414. The standard InChI is InChI=1S/C20H27N5O/c26-20-19(7-4-9-25(20)18-5-2-1-3-6-18)24-15-13-22(14-16-24)11-12-23-10-8-21-17-23/h1-3,5-6,8,10,17,19H,4,7,9,11-16H2. The topological polar surface area (TPSA) is 44.6 Å². The Labute approximate surface area is 155 Å². The van der Waals surface area contributed by atoms with Crippen molar-refractivity contribution in [1.29, 1.82) is 0 Å². The molecule has 2 saturated heterocycles. The van der Waals surface area contributed by atoms with Crippen LogP contribution >= 0.6 is 0 Å². The van der Waals surface area contributed by atoms with Crippen molar-refractivity contribution in [2.24, 2.45) is 0 Å². The molecular weight excluding hydrogens is 326 g/mol. The van der Waals surface area contributed by atoms with Crippen molar-refractivity contribution < 1.29 is 4.79 Å². The summed E-state index contributed by atoms with van der Waals surface area (Å²) in [5.74, 6) is 0.273. The molecule has 6 nitrogen and oxygen atoms in total. The molecule has 0 spiro atoms. The average Bonchev–Trinajstić information content (AvgIpc) is 3.21. The Hall–Kier alpha value is -2.18. The van der Waals surface area contributed by atoms with Gasteiger partial charge in [0.1, 0.15) is 0 Å². The van der Waals surface area contributed by atoms with Crippen LogP contribution in [0.2, 0.25) is 0 Å². The number of piperazine rings is 1. The van der Waals surface area contributed by atoms with Gasteiger partial charge in [-0.2, -0.15) is 0 Å². The van der Waals surface area contributed by atoms with Crippen LogP contribution in [0.1, 0.15) is 12.8 Å². The SMILES string of the molecule is O=C1C(N2CCN(CCn3ccnc3)CC2)CCCN1c1ccccc1. The molecule has 2 aliphatic heterocycles. The first-order valence-electron chi connectivity index (χ1n) is 9.60. The molecule has 0 radical (unpaired) electrons. The van der Waals surface area contributed by atoms with Gasteiger partial charge < -0.3 is 9.47 Å². The lowest BCUT2D eigenvalue weighted by molar-refractivity contribution is -0.126. The highest BCUT2D eigenvalue weighted by molar-refractivity contribution is 5.97. The minimum Gasteiger partial charge on any atom is -0.336 e. The number of rotatable bonds is 5. The van der Waals surface area contributed by atoms with Crippen LogP contribution in [0.5, 0.6) is 0 Å². The fraction of sp³-hybridized carbons (Fsp3) is 0.500. The normalized spacial score (nSPS) is 22.7. The van der Waals surface area contributed by atoms with Crippen molar-refractivity contribution in [2.75, 3.05) is 44.2 Å². The summed E-state index contributed by atoms with van der Waals surface area (Å²) in [5.41, 5.74) is 1.03. The van der Waals surface area contributed by atoms with Gasteiger partial charge in [-0.05, 0) is 25.0 Å². The first kappa shape index (κ1) is 17.2. The van der Waals surface area contributed by atoms with E-state index in [1.165, 1.54) is 0 Å². The Morgan fingerprint density at radius 1 is 1.00 bits per heavy atom. The lowest BCUT2D eigenvalue weighted by atomic mass is 10.0. The number of imidazole rings is 1. The summed E-state index contributed by atoms with van der Waals surface area (Å²) in [6.07, 6.45) is 7.76. The van der Waals surface area contributed by atoms with Gasteiger partial charge in [-0.3, -0.25) is 14.6 Å². The Bertz CT molecular complexity index is 694. The molecule has 138 valence electrons. The van der Waals surface area contributed by atoms with Crippen molar-refractivity contribution in [3.05, 3.63) is 49.1 Å². The Kier molecular flexibility index (Phi) is 5.32. The van der Waals surface area contributed by atoms with Gasteiger partial charge in [-0.1, -0.05) is 18.2 Å². The maximum absolute atomic E-state index is 13.0. The van der Waals surface area contributed by atoms with Crippen LogP contribution < -0.4 is 4.90 Å². The number of benzene rings is 1. The number of aromatic nitrogens is 2. The highest BCUT2D eigenvalue weighted by atomic mass is 16.2. The van der Waals surface area contributed by atoms with Crippen LogP contribution in [-0.4, -0.2) is 70.6 Å². The highest BCUT2D eigenvalue weighted by Crippen LogP contribution is 2.24. The van der Waals surface area contributed by atoms with E-state index in [4.69, 9.17) is 0 Å². The molecule has 1 aromatic carbocycles. The zero-order valence-corrected chi connectivity index (χ0v) is 15.2. The van der Waals surface area contributed by atoms with Crippen LogP contribution in [0.3, 0.4) is 0 Å². The molecule has 0 bridgehead atoms. The summed E-state index contributed by atoms with van der Waals surface area (Å²) in [6, 6.07) is 10.1. The fourth-order valence-corrected chi connectivity index (χ4v) is 4.03. The molecule has 1 aromatic heterocycles. The molecule has 0 aliphatic carbocycles. The maximum atomic E-state index is 13.0. The van der Waals surface area contributed by atoms with Crippen molar-refractivity contribution in [1.82, 2.24) is 19.4 Å². The first-order valence-corrected chi connectivity index (χ1v) is 9.60. The summed E-state index contributed by atoms with van der Waals surface area (Å²) in [6.45, 7) is 6.87. The predicted molar refractivity (Wildman–Crippen MR) is 102 cm³/mol. The number of nitrogens with zero attached hydrogens (tertiary/aromatic N) is 5. The smallest absolute Gasteiger partial charge is 0.244 e. The average molecular weight is 353 g/mol. The second kappa shape index (κ2) is 8.01. The first-order chi connectivity index (χ1) is 12.8. The van der Waals surface area contributed by atoms with Gasteiger partial charge in [0.2, 0.25) is 5.91 Å². The van der Waals surface area contributed by atoms with Crippen LogP contribution in [-0.2, 0) is 11.3 Å². The van der Waals surface area contributed by atoms with Gasteiger partial charge in [0.05, 0.1) is 12.4 Å². The number of anilines is 1. The summed E-state index contributed by atoms with van der Waals surface area (Å²) >= 11 is 0. The molecule has 3 heterocycles. The van der Waals surface area contributed by atoms with E-state index >= 15 is 0 Å². The zero-order valence-electron chi connectivity index (χ0n) is 15.2. The predicted octanol–water partition coefficient (Wildman–Crippen LogP) is 1.70. The molecule has 1 amide bonds. The highest BCUT2D eigenvalue weighted by Gasteiger charge is 2.35. The molecule has 2 aromatic rings.